The number of aryl methyl sites for hydroxylation is 2. The Morgan fingerprint density at radius 3 is 2.31 bits per heavy atom. The van der Waals surface area contributed by atoms with Crippen molar-refractivity contribution in [1.82, 2.24) is 0 Å². The maximum absolute atomic E-state index is 15.0. The van der Waals surface area contributed by atoms with E-state index in [1.54, 1.807) is 31.2 Å². The van der Waals surface area contributed by atoms with Crippen molar-refractivity contribution in [1.29, 1.82) is 0 Å². The minimum atomic E-state index is -1.09. The average Bonchev–Trinajstić information content (AvgIpc) is 2.85. The van der Waals surface area contributed by atoms with E-state index in [0.29, 0.717) is 48.3 Å². The molecule has 1 nitrogen and oxygen atoms in total. The molecule has 6 heteroatoms. The molecule has 1 aliphatic carbocycles. The predicted molar refractivity (Wildman–Crippen MR) is 128 cm³/mol. The number of hydrogen-bond acceptors (Lipinski definition) is 1. The summed E-state index contributed by atoms with van der Waals surface area (Å²) in [4.78, 5) is 0. The van der Waals surface area contributed by atoms with E-state index in [1.165, 1.54) is 25.1 Å². The molecular weight excluding hydrogens is 459 g/mol. The minimum Gasteiger partial charge on any atom is -0.491 e. The second kappa shape index (κ2) is 10.6. The first-order chi connectivity index (χ1) is 16.8. The number of benzene rings is 3. The Balaban J connectivity index is 1.45. The van der Waals surface area contributed by atoms with Crippen molar-refractivity contribution in [3.63, 3.8) is 0 Å². The number of rotatable bonds is 7. The maximum atomic E-state index is 15.0. The second-order valence-electron chi connectivity index (χ2n) is 8.94. The van der Waals surface area contributed by atoms with Crippen LogP contribution in [0.15, 0.2) is 48.5 Å². The molecule has 0 radical (unpaired) electrons. The molecule has 0 aliphatic heterocycles. The fraction of sp³-hybridized carbons (Fsp3) is 0.310. The lowest BCUT2D eigenvalue weighted by Crippen LogP contribution is -2.08. The van der Waals surface area contributed by atoms with Gasteiger partial charge < -0.3 is 4.74 Å². The lowest BCUT2D eigenvalue weighted by molar-refractivity contribution is 0.314. The molecule has 0 saturated carbocycles. The highest BCUT2D eigenvalue weighted by Crippen LogP contribution is 2.36. The molecule has 0 aromatic heterocycles. The molecule has 1 unspecified atom stereocenters. The van der Waals surface area contributed by atoms with Crippen LogP contribution < -0.4 is 4.74 Å². The van der Waals surface area contributed by atoms with E-state index >= 15 is 0 Å². The Morgan fingerprint density at radius 2 is 1.63 bits per heavy atom. The van der Waals surface area contributed by atoms with Crippen LogP contribution in [0.4, 0.5) is 22.0 Å². The van der Waals surface area contributed by atoms with Gasteiger partial charge in [-0.25, -0.2) is 17.6 Å². The molecule has 3 aromatic carbocycles. The van der Waals surface area contributed by atoms with Gasteiger partial charge in [-0.1, -0.05) is 30.3 Å². The van der Waals surface area contributed by atoms with Gasteiger partial charge in [-0.05, 0) is 92.3 Å². The van der Waals surface area contributed by atoms with Gasteiger partial charge in [-0.2, -0.15) is 4.39 Å². The van der Waals surface area contributed by atoms with Crippen molar-refractivity contribution in [2.24, 2.45) is 5.92 Å². The van der Waals surface area contributed by atoms with Crippen LogP contribution in [0, 0.1) is 41.9 Å². The molecule has 1 aliphatic rings. The van der Waals surface area contributed by atoms with Gasteiger partial charge >= 0.3 is 0 Å². The van der Waals surface area contributed by atoms with Gasteiger partial charge in [0, 0.05) is 11.1 Å². The van der Waals surface area contributed by atoms with Gasteiger partial charge in [0.25, 0.3) is 0 Å². The molecule has 184 valence electrons. The summed E-state index contributed by atoms with van der Waals surface area (Å²) in [5.41, 5.74) is 2.17. The summed E-state index contributed by atoms with van der Waals surface area (Å²) in [6.45, 7) is 3.41. The molecular formula is C29H27F5O. The van der Waals surface area contributed by atoms with E-state index in [9.17, 15) is 22.0 Å². The lowest BCUT2D eigenvalue weighted by atomic mass is 9.83. The summed E-state index contributed by atoms with van der Waals surface area (Å²) < 4.78 is 76.7. The normalized spacial score (nSPS) is 15.7. The topological polar surface area (TPSA) is 9.23 Å². The number of ether oxygens (including phenoxy) is 1. The third kappa shape index (κ3) is 5.26. The van der Waals surface area contributed by atoms with Crippen molar-refractivity contribution in [2.75, 3.05) is 6.61 Å². The molecule has 0 amide bonds. The molecule has 0 bridgehead atoms. The molecule has 0 fully saturated rings. The Morgan fingerprint density at radius 1 is 0.857 bits per heavy atom. The van der Waals surface area contributed by atoms with E-state index in [2.05, 4.69) is 0 Å². The zero-order chi connectivity index (χ0) is 25.1. The van der Waals surface area contributed by atoms with Gasteiger partial charge in [0.1, 0.15) is 5.82 Å². The predicted octanol–water partition coefficient (Wildman–Crippen LogP) is 8.57. The summed E-state index contributed by atoms with van der Waals surface area (Å²) >= 11 is 0. The monoisotopic (exact) mass is 486 g/mol. The Kier molecular flexibility index (Phi) is 7.58. The van der Waals surface area contributed by atoms with E-state index in [1.807, 2.05) is 6.08 Å². The zero-order valence-corrected chi connectivity index (χ0v) is 19.7. The van der Waals surface area contributed by atoms with Crippen molar-refractivity contribution in [3.05, 3.63) is 94.3 Å². The van der Waals surface area contributed by atoms with Crippen LogP contribution in [0.25, 0.3) is 16.7 Å². The zero-order valence-electron chi connectivity index (χ0n) is 19.7. The van der Waals surface area contributed by atoms with Crippen LogP contribution >= 0.6 is 0 Å². The van der Waals surface area contributed by atoms with Gasteiger partial charge in [0.15, 0.2) is 23.2 Å². The fourth-order valence-corrected chi connectivity index (χ4v) is 4.60. The van der Waals surface area contributed by atoms with Gasteiger partial charge in [-0.3, -0.25) is 0 Å². The lowest BCUT2D eigenvalue weighted by Gasteiger charge is -2.23. The first-order valence-corrected chi connectivity index (χ1v) is 11.8. The minimum absolute atomic E-state index is 0.0335. The molecule has 1 atom stereocenters. The standard InChI is InChI=1S/C29H27F5O/c1-3-35-25-15-14-23(28(33)29(25)34)21-12-13-22(24(30)16-21)19-9-5-18(6-10-19)7-11-20-8-4-17(2)26(31)27(20)32/h4,8-9,12-16,18H,3,5-7,10-11H2,1-2H3. The summed E-state index contributed by atoms with van der Waals surface area (Å²) in [7, 11) is 0. The molecule has 0 spiro atoms. The van der Waals surface area contributed by atoms with Crippen LogP contribution in [0.1, 0.15) is 49.3 Å². The Labute approximate surface area is 202 Å². The van der Waals surface area contributed by atoms with Gasteiger partial charge in [-0.15, -0.1) is 0 Å². The van der Waals surface area contributed by atoms with Gasteiger partial charge in [0.2, 0.25) is 5.82 Å². The third-order valence-electron chi connectivity index (χ3n) is 6.67. The summed E-state index contributed by atoms with van der Waals surface area (Å²) in [6, 6.07) is 10.3. The van der Waals surface area contributed by atoms with E-state index in [-0.39, 0.29) is 23.5 Å². The highest BCUT2D eigenvalue weighted by atomic mass is 19.2. The van der Waals surface area contributed by atoms with E-state index in [4.69, 9.17) is 4.74 Å². The van der Waals surface area contributed by atoms with Crippen LogP contribution in [-0.4, -0.2) is 6.61 Å². The quantitative estimate of drug-likeness (QED) is 0.304. The summed E-state index contributed by atoms with van der Waals surface area (Å²) in [5.74, 6) is -4.12. The first-order valence-electron chi connectivity index (χ1n) is 11.8. The third-order valence-corrected chi connectivity index (χ3v) is 6.67. The van der Waals surface area contributed by atoms with Crippen molar-refractivity contribution in [3.8, 4) is 16.9 Å². The number of allylic oxidation sites excluding steroid dienone is 2. The molecule has 0 heterocycles. The van der Waals surface area contributed by atoms with Crippen molar-refractivity contribution >= 4 is 5.57 Å². The Hall–Kier alpha value is -3.15. The largest absolute Gasteiger partial charge is 0.491 e. The maximum Gasteiger partial charge on any atom is 0.201 e. The highest BCUT2D eigenvalue weighted by molar-refractivity contribution is 5.72. The molecule has 0 saturated heterocycles. The van der Waals surface area contributed by atoms with Crippen LogP contribution in [0.3, 0.4) is 0 Å². The summed E-state index contributed by atoms with van der Waals surface area (Å²) in [6.07, 6.45) is 5.32. The number of halogens is 5. The van der Waals surface area contributed by atoms with Crippen LogP contribution in [0.5, 0.6) is 5.75 Å². The molecule has 4 rings (SSSR count). The first kappa shape index (κ1) is 25.0. The average molecular weight is 487 g/mol. The SMILES string of the molecule is CCOc1ccc(-c2ccc(C3=CCC(CCc4ccc(C)c(F)c4F)CC3)c(F)c2)c(F)c1F. The highest BCUT2D eigenvalue weighted by Gasteiger charge is 2.21. The smallest absolute Gasteiger partial charge is 0.201 e. The molecule has 35 heavy (non-hydrogen) atoms. The molecule has 3 aromatic rings. The Bertz CT molecular complexity index is 1260. The van der Waals surface area contributed by atoms with Crippen LogP contribution in [-0.2, 0) is 6.42 Å². The van der Waals surface area contributed by atoms with Crippen molar-refractivity contribution < 1.29 is 26.7 Å². The fourth-order valence-electron chi connectivity index (χ4n) is 4.60. The molecule has 0 N–H and O–H groups in total. The van der Waals surface area contributed by atoms with E-state index < -0.39 is 29.1 Å². The van der Waals surface area contributed by atoms with E-state index in [0.717, 1.165) is 12.0 Å². The summed E-state index contributed by atoms with van der Waals surface area (Å²) in [5, 5.41) is 0. The van der Waals surface area contributed by atoms with Crippen LogP contribution in [0.2, 0.25) is 0 Å². The van der Waals surface area contributed by atoms with Gasteiger partial charge in [0.05, 0.1) is 6.61 Å². The number of hydrogen-bond donors (Lipinski definition) is 0. The second-order valence-corrected chi connectivity index (χ2v) is 8.94. The van der Waals surface area contributed by atoms with Crippen molar-refractivity contribution in [2.45, 2.75) is 46.0 Å².